The van der Waals surface area contributed by atoms with Crippen LogP contribution in [0.2, 0.25) is 5.02 Å². The van der Waals surface area contributed by atoms with Crippen LogP contribution in [0.1, 0.15) is 5.56 Å². The van der Waals surface area contributed by atoms with Crippen molar-refractivity contribution in [1.82, 2.24) is 25.0 Å². The standard InChI is InChI=1S/C14H13ClN6/c1-2-7-16-13-12-14(18-9-17-13)21(20-19-12)8-10-5-3-4-6-11(10)15/h2-6,9H,1,7-8H2,(H,16,17,18). The summed E-state index contributed by atoms with van der Waals surface area (Å²) in [4.78, 5) is 8.42. The zero-order valence-electron chi connectivity index (χ0n) is 11.2. The monoisotopic (exact) mass is 300 g/mol. The fourth-order valence-corrected chi connectivity index (χ4v) is 2.18. The molecule has 0 spiro atoms. The summed E-state index contributed by atoms with van der Waals surface area (Å²) in [5.41, 5.74) is 2.26. The third kappa shape index (κ3) is 2.71. The van der Waals surface area contributed by atoms with Crippen LogP contribution in [-0.2, 0) is 6.54 Å². The van der Waals surface area contributed by atoms with E-state index in [9.17, 15) is 0 Å². The zero-order chi connectivity index (χ0) is 14.7. The Morgan fingerprint density at radius 3 is 2.95 bits per heavy atom. The number of nitrogens with one attached hydrogen (secondary N) is 1. The largest absolute Gasteiger partial charge is 0.365 e. The fraction of sp³-hybridized carbons (Fsp3) is 0.143. The molecular weight excluding hydrogens is 288 g/mol. The summed E-state index contributed by atoms with van der Waals surface area (Å²) in [7, 11) is 0. The van der Waals surface area contributed by atoms with E-state index in [4.69, 9.17) is 11.6 Å². The number of halogens is 1. The van der Waals surface area contributed by atoms with E-state index in [0.29, 0.717) is 35.1 Å². The molecule has 2 heterocycles. The fourth-order valence-electron chi connectivity index (χ4n) is 1.98. The highest BCUT2D eigenvalue weighted by molar-refractivity contribution is 6.31. The van der Waals surface area contributed by atoms with Crippen LogP contribution in [0.15, 0.2) is 43.2 Å². The maximum absolute atomic E-state index is 6.17. The second kappa shape index (κ2) is 5.88. The number of anilines is 1. The Morgan fingerprint density at radius 1 is 1.29 bits per heavy atom. The van der Waals surface area contributed by atoms with Gasteiger partial charge in [-0.25, -0.2) is 14.6 Å². The first-order valence-electron chi connectivity index (χ1n) is 6.42. The molecule has 0 atom stereocenters. The number of nitrogens with zero attached hydrogens (tertiary/aromatic N) is 5. The Bertz CT molecular complexity index is 782. The third-order valence-electron chi connectivity index (χ3n) is 2.99. The van der Waals surface area contributed by atoms with E-state index in [0.717, 1.165) is 5.56 Å². The normalized spacial score (nSPS) is 10.7. The van der Waals surface area contributed by atoms with Crippen molar-refractivity contribution in [3.63, 3.8) is 0 Å². The Kier molecular flexibility index (Phi) is 3.79. The predicted molar refractivity (Wildman–Crippen MR) is 82.4 cm³/mol. The second-order valence-corrected chi connectivity index (χ2v) is 4.81. The molecule has 0 saturated heterocycles. The Hall–Kier alpha value is -2.47. The van der Waals surface area contributed by atoms with Gasteiger partial charge in [0.15, 0.2) is 17.0 Å². The molecule has 3 rings (SSSR count). The van der Waals surface area contributed by atoms with Gasteiger partial charge in [0, 0.05) is 11.6 Å². The van der Waals surface area contributed by atoms with E-state index >= 15 is 0 Å². The molecule has 0 aliphatic rings. The minimum atomic E-state index is 0.508. The van der Waals surface area contributed by atoms with Gasteiger partial charge in [-0.2, -0.15) is 0 Å². The van der Waals surface area contributed by atoms with E-state index in [-0.39, 0.29) is 0 Å². The maximum Gasteiger partial charge on any atom is 0.184 e. The third-order valence-corrected chi connectivity index (χ3v) is 3.36. The molecule has 2 aromatic heterocycles. The SMILES string of the molecule is C=CCNc1ncnc2c1nnn2Cc1ccccc1Cl. The number of fused-ring (bicyclic) bond motifs is 1. The average Bonchev–Trinajstić information content (AvgIpc) is 2.91. The molecule has 0 radical (unpaired) electrons. The quantitative estimate of drug-likeness (QED) is 0.733. The van der Waals surface area contributed by atoms with Crippen molar-refractivity contribution >= 4 is 28.6 Å². The van der Waals surface area contributed by atoms with Crippen molar-refractivity contribution in [1.29, 1.82) is 0 Å². The first-order chi connectivity index (χ1) is 10.3. The van der Waals surface area contributed by atoms with Gasteiger partial charge in [0.05, 0.1) is 6.54 Å². The van der Waals surface area contributed by atoms with Gasteiger partial charge in [0.25, 0.3) is 0 Å². The molecule has 1 aromatic carbocycles. The zero-order valence-corrected chi connectivity index (χ0v) is 12.0. The first kappa shape index (κ1) is 13.5. The summed E-state index contributed by atoms with van der Waals surface area (Å²) in [5.74, 6) is 0.644. The molecule has 0 bridgehead atoms. The first-order valence-corrected chi connectivity index (χ1v) is 6.79. The molecule has 0 unspecified atom stereocenters. The highest BCUT2D eigenvalue weighted by Gasteiger charge is 2.12. The van der Waals surface area contributed by atoms with Crippen LogP contribution in [0.4, 0.5) is 5.82 Å². The predicted octanol–water partition coefficient (Wildman–Crippen LogP) is 2.52. The molecule has 0 amide bonds. The number of hydrogen-bond donors (Lipinski definition) is 1. The van der Waals surface area contributed by atoms with Gasteiger partial charge in [-0.05, 0) is 11.6 Å². The summed E-state index contributed by atoms with van der Waals surface area (Å²) >= 11 is 6.17. The van der Waals surface area contributed by atoms with Crippen LogP contribution in [-0.4, -0.2) is 31.5 Å². The van der Waals surface area contributed by atoms with Gasteiger partial charge in [0.1, 0.15) is 6.33 Å². The van der Waals surface area contributed by atoms with E-state index in [1.165, 1.54) is 6.33 Å². The molecular formula is C14H13ClN6. The van der Waals surface area contributed by atoms with Crippen LogP contribution in [0.3, 0.4) is 0 Å². The minimum absolute atomic E-state index is 0.508. The van der Waals surface area contributed by atoms with Gasteiger partial charge in [0.2, 0.25) is 0 Å². The van der Waals surface area contributed by atoms with E-state index in [1.54, 1.807) is 10.8 Å². The van der Waals surface area contributed by atoms with Crippen molar-refractivity contribution in [3.05, 3.63) is 53.8 Å². The lowest BCUT2D eigenvalue weighted by Gasteiger charge is -2.05. The van der Waals surface area contributed by atoms with Crippen molar-refractivity contribution < 1.29 is 0 Å². The van der Waals surface area contributed by atoms with Crippen LogP contribution < -0.4 is 5.32 Å². The van der Waals surface area contributed by atoms with Crippen molar-refractivity contribution in [2.24, 2.45) is 0 Å². The lowest BCUT2D eigenvalue weighted by Crippen LogP contribution is -2.05. The molecule has 0 saturated carbocycles. The molecule has 0 fully saturated rings. The number of hydrogen-bond acceptors (Lipinski definition) is 5. The molecule has 7 heteroatoms. The summed E-state index contributed by atoms with van der Waals surface area (Å²) < 4.78 is 1.71. The number of benzene rings is 1. The second-order valence-electron chi connectivity index (χ2n) is 4.40. The van der Waals surface area contributed by atoms with Gasteiger partial charge in [-0.15, -0.1) is 11.7 Å². The Morgan fingerprint density at radius 2 is 2.14 bits per heavy atom. The highest BCUT2D eigenvalue weighted by atomic mass is 35.5. The highest BCUT2D eigenvalue weighted by Crippen LogP contribution is 2.19. The van der Waals surface area contributed by atoms with Crippen LogP contribution >= 0.6 is 11.6 Å². The Balaban J connectivity index is 1.97. The smallest absolute Gasteiger partial charge is 0.184 e. The van der Waals surface area contributed by atoms with Crippen molar-refractivity contribution in [3.8, 4) is 0 Å². The molecule has 6 nitrogen and oxygen atoms in total. The summed E-state index contributed by atoms with van der Waals surface area (Å²) in [6, 6.07) is 7.63. The minimum Gasteiger partial charge on any atom is -0.365 e. The van der Waals surface area contributed by atoms with Gasteiger partial charge in [-0.3, -0.25) is 0 Å². The number of rotatable bonds is 5. The number of aromatic nitrogens is 5. The lowest BCUT2D eigenvalue weighted by molar-refractivity contribution is 0.664. The Labute approximate surface area is 126 Å². The maximum atomic E-state index is 6.17. The van der Waals surface area contributed by atoms with Crippen molar-refractivity contribution in [2.45, 2.75) is 6.54 Å². The van der Waals surface area contributed by atoms with E-state index < -0.39 is 0 Å². The summed E-state index contributed by atoms with van der Waals surface area (Å²) in [6.45, 7) is 4.77. The van der Waals surface area contributed by atoms with Crippen LogP contribution in [0.5, 0.6) is 0 Å². The molecule has 0 aliphatic heterocycles. The molecule has 21 heavy (non-hydrogen) atoms. The summed E-state index contributed by atoms with van der Waals surface area (Å²) in [5, 5.41) is 12.1. The van der Waals surface area contributed by atoms with Gasteiger partial charge in [-0.1, -0.05) is 41.1 Å². The van der Waals surface area contributed by atoms with Crippen LogP contribution in [0.25, 0.3) is 11.2 Å². The molecule has 3 aromatic rings. The topological polar surface area (TPSA) is 68.5 Å². The summed E-state index contributed by atoms with van der Waals surface area (Å²) in [6.07, 6.45) is 3.24. The van der Waals surface area contributed by atoms with Gasteiger partial charge >= 0.3 is 0 Å². The average molecular weight is 301 g/mol. The van der Waals surface area contributed by atoms with Crippen LogP contribution in [0, 0.1) is 0 Å². The van der Waals surface area contributed by atoms with E-state index in [1.807, 2.05) is 24.3 Å². The lowest BCUT2D eigenvalue weighted by atomic mass is 10.2. The molecule has 1 N–H and O–H groups in total. The van der Waals surface area contributed by atoms with E-state index in [2.05, 4.69) is 32.2 Å². The molecule has 106 valence electrons. The van der Waals surface area contributed by atoms with Crippen molar-refractivity contribution in [2.75, 3.05) is 11.9 Å². The molecule has 0 aliphatic carbocycles. The van der Waals surface area contributed by atoms with Gasteiger partial charge < -0.3 is 5.32 Å².